The van der Waals surface area contributed by atoms with Crippen molar-refractivity contribution in [3.05, 3.63) is 0 Å². The second-order valence-corrected chi connectivity index (χ2v) is 4.43. The molecule has 1 aliphatic rings. The number of hydrogen-bond donors (Lipinski definition) is 1. The molecule has 0 radical (unpaired) electrons. The van der Waals surface area contributed by atoms with Gasteiger partial charge < -0.3 is 10.2 Å². The Balaban J connectivity index is 1.98. The summed E-state index contributed by atoms with van der Waals surface area (Å²) >= 11 is 1.84. The molecule has 0 amide bonds. The number of thioether (sulfide) groups is 1. The van der Waals surface area contributed by atoms with Crippen LogP contribution in [0.3, 0.4) is 0 Å². The molecule has 0 saturated carbocycles. The van der Waals surface area contributed by atoms with Crippen molar-refractivity contribution < 1.29 is 0 Å². The Bertz CT molecular complexity index is 178. The first-order valence-corrected chi connectivity index (χ1v) is 6.48. The van der Waals surface area contributed by atoms with Crippen LogP contribution in [0.5, 0.6) is 0 Å². The minimum atomic E-state index is 0.989. The molecule has 4 heteroatoms. The highest BCUT2D eigenvalue weighted by Crippen LogP contribution is 2.08. The summed E-state index contributed by atoms with van der Waals surface area (Å²) in [5.41, 5.74) is 0. The van der Waals surface area contributed by atoms with E-state index in [0.29, 0.717) is 0 Å². The van der Waals surface area contributed by atoms with Gasteiger partial charge in [-0.25, -0.2) is 0 Å². The summed E-state index contributed by atoms with van der Waals surface area (Å²) in [4.78, 5) is 6.80. The molecule has 0 atom stereocenters. The predicted molar refractivity (Wildman–Crippen MR) is 65.2 cm³/mol. The van der Waals surface area contributed by atoms with Crippen LogP contribution in [0.1, 0.15) is 20.3 Å². The highest BCUT2D eigenvalue weighted by atomic mass is 32.2. The van der Waals surface area contributed by atoms with Gasteiger partial charge in [0.05, 0.1) is 6.54 Å². The van der Waals surface area contributed by atoms with E-state index < -0.39 is 0 Å². The lowest BCUT2D eigenvalue weighted by Gasteiger charge is -2.17. The van der Waals surface area contributed by atoms with Crippen LogP contribution >= 0.6 is 11.8 Å². The Morgan fingerprint density at radius 2 is 2.21 bits per heavy atom. The molecule has 0 aromatic heterocycles. The summed E-state index contributed by atoms with van der Waals surface area (Å²) in [5.74, 6) is 1.15. The molecule has 0 bridgehead atoms. The minimum Gasteiger partial charge on any atom is -0.365 e. The second kappa shape index (κ2) is 7.12. The molecule has 1 aliphatic heterocycles. The van der Waals surface area contributed by atoms with Crippen molar-refractivity contribution in [3.63, 3.8) is 0 Å². The van der Waals surface area contributed by atoms with Gasteiger partial charge in [0.25, 0.3) is 0 Å². The molecule has 0 spiro atoms. The SMILES string of the molecule is CCN(CC)CCCNC1=NCCS1. The topological polar surface area (TPSA) is 27.6 Å². The van der Waals surface area contributed by atoms with Crippen molar-refractivity contribution in [2.24, 2.45) is 4.99 Å². The summed E-state index contributed by atoms with van der Waals surface area (Å²) in [7, 11) is 0. The summed E-state index contributed by atoms with van der Waals surface area (Å²) < 4.78 is 0. The van der Waals surface area contributed by atoms with E-state index >= 15 is 0 Å². The maximum Gasteiger partial charge on any atom is 0.156 e. The van der Waals surface area contributed by atoms with E-state index in [9.17, 15) is 0 Å². The Labute approximate surface area is 91.3 Å². The molecule has 82 valence electrons. The number of rotatable bonds is 6. The largest absolute Gasteiger partial charge is 0.365 e. The van der Waals surface area contributed by atoms with E-state index in [1.54, 1.807) is 0 Å². The highest BCUT2D eigenvalue weighted by molar-refractivity contribution is 8.14. The maximum absolute atomic E-state index is 4.35. The molecule has 0 fully saturated rings. The monoisotopic (exact) mass is 215 g/mol. The lowest BCUT2D eigenvalue weighted by molar-refractivity contribution is 0.300. The zero-order valence-corrected chi connectivity index (χ0v) is 10.1. The third-order valence-corrected chi connectivity index (χ3v) is 3.34. The summed E-state index contributed by atoms with van der Waals surface area (Å²) in [5, 5.41) is 4.51. The van der Waals surface area contributed by atoms with Crippen molar-refractivity contribution in [1.82, 2.24) is 10.2 Å². The van der Waals surface area contributed by atoms with Gasteiger partial charge in [0.15, 0.2) is 5.17 Å². The van der Waals surface area contributed by atoms with Gasteiger partial charge in [0, 0.05) is 12.3 Å². The van der Waals surface area contributed by atoms with E-state index in [0.717, 1.165) is 37.1 Å². The molecule has 14 heavy (non-hydrogen) atoms. The minimum absolute atomic E-state index is 0.989. The molecule has 0 aliphatic carbocycles. The first kappa shape index (κ1) is 11.9. The number of hydrogen-bond acceptors (Lipinski definition) is 4. The van der Waals surface area contributed by atoms with Gasteiger partial charge in [-0.2, -0.15) is 0 Å². The van der Waals surface area contributed by atoms with Gasteiger partial charge in [-0.1, -0.05) is 25.6 Å². The van der Waals surface area contributed by atoms with Crippen molar-refractivity contribution in [1.29, 1.82) is 0 Å². The first-order valence-electron chi connectivity index (χ1n) is 5.50. The van der Waals surface area contributed by atoms with Crippen LogP contribution in [0.25, 0.3) is 0 Å². The molecule has 0 unspecified atom stereocenters. The maximum atomic E-state index is 4.35. The lowest BCUT2D eigenvalue weighted by Crippen LogP contribution is -2.28. The molecule has 1 heterocycles. The van der Waals surface area contributed by atoms with E-state index in [4.69, 9.17) is 0 Å². The van der Waals surface area contributed by atoms with Crippen LogP contribution in [0.2, 0.25) is 0 Å². The number of nitrogens with one attached hydrogen (secondary N) is 1. The molecule has 1 N–H and O–H groups in total. The fourth-order valence-electron chi connectivity index (χ4n) is 1.48. The van der Waals surface area contributed by atoms with Gasteiger partial charge in [0.2, 0.25) is 0 Å². The number of nitrogens with zero attached hydrogens (tertiary/aromatic N) is 2. The van der Waals surface area contributed by atoms with E-state index in [2.05, 4.69) is 29.1 Å². The van der Waals surface area contributed by atoms with Crippen LogP contribution in [0.4, 0.5) is 0 Å². The number of aliphatic imine (C=N–C) groups is 1. The lowest BCUT2D eigenvalue weighted by atomic mass is 10.3. The zero-order valence-electron chi connectivity index (χ0n) is 9.25. The molecular weight excluding hydrogens is 194 g/mol. The normalized spacial score (nSPS) is 16.1. The Morgan fingerprint density at radius 1 is 1.43 bits per heavy atom. The predicted octanol–water partition coefficient (Wildman–Crippen LogP) is 1.41. The van der Waals surface area contributed by atoms with Gasteiger partial charge in [0.1, 0.15) is 0 Å². The molecule has 0 aromatic carbocycles. The quantitative estimate of drug-likeness (QED) is 0.679. The first-order chi connectivity index (χ1) is 6.86. The van der Waals surface area contributed by atoms with Crippen LogP contribution < -0.4 is 5.32 Å². The van der Waals surface area contributed by atoms with Gasteiger partial charge in [-0.15, -0.1) is 0 Å². The standard InChI is InChI=1S/C10H21N3S/c1-3-13(4-2)8-5-6-11-10-12-7-9-14-10/h3-9H2,1-2H3,(H,11,12). The third kappa shape index (κ3) is 4.33. The smallest absolute Gasteiger partial charge is 0.156 e. The summed E-state index contributed by atoms with van der Waals surface area (Å²) in [6.45, 7) is 9.99. The van der Waals surface area contributed by atoms with Gasteiger partial charge in [-0.3, -0.25) is 4.99 Å². The van der Waals surface area contributed by atoms with Crippen LogP contribution in [-0.4, -0.2) is 48.5 Å². The van der Waals surface area contributed by atoms with Crippen LogP contribution in [0, 0.1) is 0 Å². The molecule has 1 rings (SSSR count). The highest BCUT2D eigenvalue weighted by Gasteiger charge is 2.05. The second-order valence-electron chi connectivity index (χ2n) is 3.34. The van der Waals surface area contributed by atoms with Crippen LogP contribution in [-0.2, 0) is 0 Å². The van der Waals surface area contributed by atoms with Gasteiger partial charge >= 0.3 is 0 Å². The zero-order chi connectivity index (χ0) is 10.2. The molecule has 0 saturated heterocycles. The van der Waals surface area contributed by atoms with Crippen LogP contribution in [0.15, 0.2) is 4.99 Å². The van der Waals surface area contributed by atoms with E-state index in [1.165, 1.54) is 13.0 Å². The average molecular weight is 215 g/mol. The summed E-state index contributed by atoms with van der Waals surface area (Å²) in [6.07, 6.45) is 1.21. The fourth-order valence-corrected chi connectivity index (χ4v) is 2.24. The molecule has 0 aromatic rings. The Morgan fingerprint density at radius 3 is 2.79 bits per heavy atom. The Kier molecular flexibility index (Phi) is 6.03. The van der Waals surface area contributed by atoms with Crippen molar-refractivity contribution >= 4 is 16.9 Å². The fraction of sp³-hybridized carbons (Fsp3) is 0.900. The van der Waals surface area contributed by atoms with Crippen molar-refractivity contribution in [3.8, 4) is 0 Å². The Hall–Kier alpha value is -0.220. The molecular formula is C10H21N3S. The number of amidine groups is 1. The third-order valence-electron chi connectivity index (χ3n) is 2.41. The van der Waals surface area contributed by atoms with Crippen molar-refractivity contribution in [2.75, 3.05) is 38.5 Å². The van der Waals surface area contributed by atoms with Gasteiger partial charge in [-0.05, 0) is 26.1 Å². The average Bonchev–Trinajstić information content (AvgIpc) is 2.71. The van der Waals surface area contributed by atoms with E-state index in [1.807, 2.05) is 11.8 Å². The van der Waals surface area contributed by atoms with E-state index in [-0.39, 0.29) is 0 Å². The summed E-state index contributed by atoms with van der Waals surface area (Å²) in [6, 6.07) is 0. The van der Waals surface area contributed by atoms with Crippen molar-refractivity contribution in [2.45, 2.75) is 20.3 Å². The molecule has 3 nitrogen and oxygen atoms in total.